The fraction of sp³-hybridized carbons (Fsp3) is 0.150. The van der Waals surface area contributed by atoms with Crippen LogP contribution in [0.5, 0.6) is 0 Å². The number of anilines is 2. The van der Waals surface area contributed by atoms with Crippen molar-refractivity contribution in [3.8, 4) is 0 Å². The van der Waals surface area contributed by atoms with E-state index in [1.807, 2.05) is 30.3 Å². The third kappa shape index (κ3) is 3.46. The first-order chi connectivity index (χ1) is 13.5. The molecule has 4 rings (SSSR count). The van der Waals surface area contributed by atoms with E-state index < -0.39 is 0 Å². The molecular weight excluding hydrogens is 374 g/mol. The Labute approximate surface area is 165 Å². The summed E-state index contributed by atoms with van der Waals surface area (Å²) < 4.78 is 2.26. The van der Waals surface area contributed by atoms with Gasteiger partial charge in [0, 0.05) is 40.1 Å². The summed E-state index contributed by atoms with van der Waals surface area (Å²) in [7, 11) is 0. The molecular formula is C20H19N5O2S. The summed E-state index contributed by atoms with van der Waals surface area (Å²) in [6, 6.07) is 15.4. The molecule has 0 atom stereocenters. The molecule has 2 heterocycles. The highest BCUT2D eigenvalue weighted by Crippen LogP contribution is 2.31. The number of amides is 1. The van der Waals surface area contributed by atoms with E-state index in [2.05, 4.69) is 38.9 Å². The molecule has 2 aromatic heterocycles. The minimum Gasteiger partial charge on any atom is -0.383 e. The smallest absolute Gasteiger partial charge is 0.253 e. The second kappa shape index (κ2) is 7.40. The maximum atomic E-state index is 12.3. The van der Waals surface area contributed by atoms with Crippen molar-refractivity contribution < 1.29 is 4.79 Å². The molecule has 0 bridgehead atoms. The summed E-state index contributed by atoms with van der Waals surface area (Å²) in [6.45, 7) is 2.99. The summed E-state index contributed by atoms with van der Waals surface area (Å²) in [5, 5.41) is 5.49. The van der Waals surface area contributed by atoms with Crippen molar-refractivity contribution in [3.05, 3.63) is 58.9 Å². The third-order valence-electron chi connectivity index (χ3n) is 4.45. The largest absolute Gasteiger partial charge is 0.383 e. The lowest BCUT2D eigenvalue weighted by Crippen LogP contribution is -2.15. The molecule has 4 N–H and O–H groups in total. The standard InChI is InChI=1S/C20H19N5O2S/c1-2-25-15-6-4-3-5-13(15)14-9-12(7-8-16(14)25)22-19(27)11-28-20-23-17(21)10-18(26)24-20/h3-10H,2,11H2,1H3,(H,22,27)(H3,21,23,24,26). The van der Waals surface area contributed by atoms with Crippen molar-refractivity contribution in [2.45, 2.75) is 18.6 Å². The van der Waals surface area contributed by atoms with Gasteiger partial charge >= 0.3 is 0 Å². The van der Waals surface area contributed by atoms with Crippen molar-refractivity contribution in [1.29, 1.82) is 0 Å². The van der Waals surface area contributed by atoms with Crippen LogP contribution in [0.15, 0.2) is 58.5 Å². The summed E-state index contributed by atoms with van der Waals surface area (Å²) in [5.41, 5.74) is 8.26. The van der Waals surface area contributed by atoms with E-state index >= 15 is 0 Å². The highest BCUT2D eigenvalue weighted by molar-refractivity contribution is 7.99. The van der Waals surface area contributed by atoms with Gasteiger partial charge in [0.05, 0.1) is 5.75 Å². The Morgan fingerprint density at radius 1 is 1.18 bits per heavy atom. The van der Waals surface area contributed by atoms with E-state index in [-0.39, 0.29) is 23.0 Å². The lowest BCUT2D eigenvalue weighted by Gasteiger charge is -2.07. The number of carbonyl (C=O) groups is 1. The fourth-order valence-electron chi connectivity index (χ4n) is 3.32. The zero-order chi connectivity index (χ0) is 19.7. The molecule has 142 valence electrons. The maximum absolute atomic E-state index is 12.3. The molecule has 0 spiro atoms. The predicted molar refractivity (Wildman–Crippen MR) is 114 cm³/mol. The topological polar surface area (TPSA) is 106 Å². The van der Waals surface area contributed by atoms with Crippen LogP contribution in [-0.2, 0) is 11.3 Å². The van der Waals surface area contributed by atoms with Crippen LogP contribution in [0.25, 0.3) is 21.8 Å². The maximum Gasteiger partial charge on any atom is 0.253 e. The molecule has 0 saturated heterocycles. The Morgan fingerprint density at radius 2 is 1.96 bits per heavy atom. The van der Waals surface area contributed by atoms with Crippen LogP contribution in [0.1, 0.15) is 6.92 Å². The molecule has 28 heavy (non-hydrogen) atoms. The predicted octanol–water partition coefficient (Wildman–Crippen LogP) is 3.21. The highest BCUT2D eigenvalue weighted by atomic mass is 32.2. The van der Waals surface area contributed by atoms with Crippen molar-refractivity contribution in [3.63, 3.8) is 0 Å². The number of nitrogens with one attached hydrogen (secondary N) is 2. The lowest BCUT2D eigenvalue weighted by atomic mass is 10.1. The average Bonchev–Trinajstić information content (AvgIpc) is 2.99. The molecule has 0 unspecified atom stereocenters. The second-order valence-electron chi connectivity index (χ2n) is 6.31. The number of rotatable bonds is 5. The van der Waals surface area contributed by atoms with Gasteiger partial charge in [0.2, 0.25) is 5.91 Å². The molecule has 0 radical (unpaired) electrons. The van der Waals surface area contributed by atoms with Gasteiger partial charge in [-0.2, -0.15) is 0 Å². The number of nitrogens with two attached hydrogens (primary N) is 1. The van der Waals surface area contributed by atoms with Gasteiger partial charge in [-0.05, 0) is 31.2 Å². The van der Waals surface area contributed by atoms with Crippen LogP contribution in [0.2, 0.25) is 0 Å². The number of aromatic nitrogens is 3. The first-order valence-corrected chi connectivity index (χ1v) is 9.84. The van der Waals surface area contributed by atoms with Gasteiger partial charge in [-0.1, -0.05) is 30.0 Å². The fourth-order valence-corrected chi connectivity index (χ4v) is 4.01. The molecule has 8 heteroatoms. The van der Waals surface area contributed by atoms with Crippen molar-refractivity contribution >= 4 is 51.0 Å². The molecule has 2 aromatic carbocycles. The first kappa shape index (κ1) is 18.1. The van der Waals surface area contributed by atoms with Crippen molar-refractivity contribution in [2.24, 2.45) is 0 Å². The van der Waals surface area contributed by atoms with Crippen LogP contribution in [-0.4, -0.2) is 26.2 Å². The highest BCUT2D eigenvalue weighted by Gasteiger charge is 2.11. The Kier molecular flexibility index (Phi) is 4.79. The zero-order valence-corrected chi connectivity index (χ0v) is 16.0. The van der Waals surface area contributed by atoms with Gasteiger partial charge < -0.3 is 20.6 Å². The number of nitrogen functional groups attached to an aromatic ring is 1. The number of hydrogen-bond acceptors (Lipinski definition) is 5. The molecule has 0 aliphatic carbocycles. The number of para-hydroxylation sites is 1. The normalized spacial score (nSPS) is 11.2. The lowest BCUT2D eigenvalue weighted by molar-refractivity contribution is -0.113. The number of hydrogen-bond donors (Lipinski definition) is 3. The van der Waals surface area contributed by atoms with Gasteiger partial charge in [0.1, 0.15) is 5.82 Å². The van der Waals surface area contributed by atoms with E-state index in [1.165, 1.54) is 11.6 Å². The van der Waals surface area contributed by atoms with Crippen LogP contribution in [0.4, 0.5) is 11.5 Å². The van der Waals surface area contributed by atoms with E-state index in [0.717, 1.165) is 40.3 Å². The quantitative estimate of drug-likeness (QED) is 0.357. The van der Waals surface area contributed by atoms with Crippen LogP contribution in [0, 0.1) is 0 Å². The van der Waals surface area contributed by atoms with Gasteiger partial charge in [-0.25, -0.2) is 4.98 Å². The van der Waals surface area contributed by atoms with E-state index in [4.69, 9.17) is 5.73 Å². The first-order valence-electron chi connectivity index (χ1n) is 8.85. The Hall–Kier alpha value is -3.26. The van der Waals surface area contributed by atoms with Gasteiger partial charge in [-0.15, -0.1) is 0 Å². The monoisotopic (exact) mass is 393 g/mol. The van der Waals surface area contributed by atoms with Crippen molar-refractivity contribution in [1.82, 2.24) is 14.5 Å². The van der Waals surface area contributed by atoms with Crippen molar-refractivity contribution in [2.75, 3.05) is 16.8 Å². The Bertz CT molecular complexity index is 1240. The second-order valence-corrected chi connectivity index (χ2v) is 7.27. The molecule has 0 aliphatic rings. The molecule has 0 fully saturated rings. The van der Waals surface area contributed by atoms with Gasteiger partial charge in [-0.3, -0.25) is 9.59 Å². The summed E-state index contributed by atoms with van der Waals surface area (Å²) in [4.78, 5) is 30.3. The average molecular weight is 393 g/mol. The molecule has 0 saturated carbocycles. The summed E-state index contributed by atoms with van der Waals surface area (Å²) in [5.74, 6) is 0.0549. The Morgan fingerprint density at radius 3 is 2.75 bits per heavy atom. The summed E-state index contributed by atoms with van der Waals surface area (Å²) in [6.07, 6.45) is 0. The minimum absolute atomic E-state index is 0.112. The number of carbonyl (C=O) groups excluding carboxylic acids is 1. The molecule has 0 aliphatic heterocycles. The number of thioether (sulfide) groups is 1. The van der Waals surface area contributed by atoms with Crippen LogP contribution >= 0.6 is 11.8 Å². The molecule has 4 aromatic rings. The van der Waals surface area contributed by atoms with Gasteiger partial charge in [0.15, 0.2) is 5.16 Å². The number of benzene rings is 2. The van der Waals surface area contributed by atoms with Gasteiger partial charge in [0.25, 0.3) is 5.56 Å². The number of fused-ring (bicyclic) bond motifs is 3. The number of aryl methyl sites for hydroxylation is 1. The zero-order valence-electron chi connectivity index (χ0n) is 15.2. The number of aromatic amines is 1. The molecule has 7 nitrogen and oxygen atoms in total. The summed E-state index contributed by atoms with van der Waals surface area (Å²) >= 11 is 1.13. The number of nitrogens with zero attached hydrogens (tertiary/aromatic N) is 2. The minimum atomic E-state index is -0.340. The van der Waals surface area contributed by atoms with E-state index in [9.17, 15) is 9.59 Å². The van der Waals surface area contributed by atoms with Crippen LogP contribution < -0.4 is 16.6 Å². The number of H-pyrrole nitrogens is 1. The SMILES string of the molecule is CCn1c2ccccc2c2cc(NC(=O)CSc3nc(N)cc(=O)[nH]3)ccc21. The molecule has 1 amide bonds. The third-order valence-corrected chi connectivity index (χ3v) is 5.33. The Balaban J connectivity index is 1.55. The van der Waals surface area contributed by atoms with Crippen LogP contribution in [0.3, 0.4) is 0 Å². The van der Waals surface area contributed by atoms with E-state index in [0.29, 0.717) is 5.16 Å². The van der Waals surface area contributed by atoms with E-state index in [1.54, 1.807) is 0 Å².